The zero-order valence-corrected chi connectivity index (χ0v) is 14.0. The average molecular weight is 286 g/mol. The molecule has 0 fully saturated rings. The van der Waals surface area contributed by atoms with Gasteiger partial charge in [0.25, 0.3) is 0 Å². The van der Waals surface area contributed by atoms with E-state index in [4.69, 9.17) is 4.74 Å². The Balaban J connectivity index is 3.07. The minimum absolute atomic E-state index is 0.107. The average Bonchev–Trinajstić information content (AvgIpc) is 2.45. The van der Waals surface area contributed by atoms with Crippen molar-refractivity contribution in [3.05, 3.63) is 0 Å². The molecule has 0 aromatic carbocycles. The van der Waals surface area contributed by atoms with Gasteiger partial charge in [-0.25, -0.2) is 0 Å². The third-order valence-corrected chi connectivity index (χ3v) is 3.92. The summed E-state index contributed by atoms with van der Waals surface area (Å²) in [5, 5.41) is 9.82. The third-order valence-electron chi connectivity index (χ3n) is 3.92. The van der Waals surface area contributed by atoms with Crippen molar-refractivity contribution >= 4 is 0 Å². The van der Waals surface area contributed by atoms with Crippen LogP contribution in [-0.2, 0) is 4.74 Å². The molecule has 0 spiro atoms. The van der Waals surface area contributed by atoms with E-state index in [9.17, 15) is 5.11 Å². The third kappa shape index (κ3) is 16.0. The maximum Gasteiger partial charge on any atom is 0.0541 e. The Labute approximate surface area is 127 Å². The maximum atomic E-state index is 9.82. The largest absolute Gasteiger partial charge is 0.393 e. The van der Waals surface area contributed by atoms with E-state index in [1.807, 2.05) is 6.92 Å². The van der Waals surface area contributed by atoms with Crippen molar-refractivity contribution in [2.24, 2.45) is 0 Å². The Hall–Kier alpha value is -0.0800. The fraction of sp³-hybridized carbons (Fsp3) is 1.00. The molecule has 1 unspecified atom stereocenters. The van der Waals surface area contributed by atoms with Crippen molar-refractivity contribution in [3.8, 4) is 0 Å². The van der Waals surface area contributed by atoms with E-state index in [1.54, 1.807) is 0 Å². The molecule has 0 rings (SSSR count). The molecule has 1 atom stereocenters. The van der Waals surface area contributed by atoms with Crippen LogP contribution in [-0.4, -0.2) is 24.4 Å². The van der Waals surface area contributed by atoms with Gasteiger partial charge in [0.05, 0.1) is 6.10 Å². The summed E-state index contributed by atoms with van der Waals surface area (Å²) in [4.78, 5) is 0. The summed E-state index contributed by atoms with van der Waals surface area (Å²) in [6.07, 6.45) is 16.4. The second-order valence-corrected chi connectivity index (χ2v) is 5.96. The van der Waals surface area contributed by atoms with Crippen LogP contribution in [0.2, 0.25) is 0 Å². The van der Waals surface area contributed by atoms with Gasteiger partial charge in [0.15, 0.2) is 0 Å². The van der Waals surface area contributed by atoms with Gasteiger partial charge in [-0.2, -0.15) is 0 Å². The highest BCUT2D eigenvalue weighted by Gasteiger charge is 2.03. The Kier molecular flexibility index (Phi) is 16.9. The Bertz CT molecular complexity index is 171. The first kappa shape index (κ1) is 19.9. The van der Waals surface area contributed by atoms with Crippen molar-refractivity contribution in [2.45, 2.75) is 103 Å². The molecule has 0 saturated carbocycles. The zero-order chi connectivity index (χ0) is 14.9. The number of rotatable bonds is 16. The summed E-state index contributed by atoms with van der Waals surface area (Å²) >= 11 is 0. The standard InChI is InChI=1S/C18H38O2/c1-3-5-6-7-8-9-10-11-12-13-15-18(19)16-14-17-20-4-2/h18-19H,3-17H2,1-2H3. The zero-order valence-electron chi connectivity index (χ0n) is 14.0. The summed E-state index contributed by atoms with van der Waals surface area (Å²) in [7, 11) is 0. The van der Waals surface area contributed by atoms with Gasteiger partial charge in [0.1, 0.15) is 0 Å². The summed E-state index contributed by atoms with van der Waals surface area (Å²) in [6, 6.07) is 0. The van der Waals surface area contributed by atoms with E-state index in [2.05, 4.69) is 6.92 Å². The highest BCUT2D eigenvalue weighted by Crippen LogP contribution is 2.13. The number of unbranched alkanes of at least 4 members (excludes halogenated alkanes) is 9. The predicted octanol–water partition coefficient (Wildman–Crippen LogP) is 5.48. The van der Waals surface area contributed by atoms with Gasteiger partial charge in [0, 0.05) is 13.2 Å². The highest BCUT2D eigenvalue weighted by atomic mass is 16.5. The first-order chi connectivity index (χ1) is 9.81. The van der Waals surface area contributed by atoms with Crippen molar-refractivity contribution < 1.29 is 9.84 Å². The van der Waals surface area contributed by atoms with Crippen molar-refractivity contribution in [3.63, 3.8) is 0 Å². The molecule has 2 nitrogen and oxygen atoms in total. The lowest BCUT2D eigenvalue weighted by Crippen LogP contribution is -2.08. The lowest BCUT2D eigenvalue weighted by molar-refractivity contribution is 0.109. The van der Waals surface area contributed by atoms with Gasteiger partial charge in [-0.3, -0.25) is 0 Å². The number of aliphatic hydroxyl groups excluding tert-OH is 1. The number of hydrogen-bond donors (Lipinski definition) is 1. The van der Waals surface area contributed by atoms with Gasteiger partial charge in [-0.1, -0.05) is 71.1 Å². The van der Waals surface area contributed by atoms with Crippen LogP contribution >= 0.6 is 0 Å². The number of ether oxygens (including phenoxy) is 1. The molecule has 122 valence electrons. The van der Waals surface area contributed by atoms with Crippen molar-refractivity contribution in [1.29, 1.82) is 0 Å². The van der Waals surface area contributed by atoms with Crippen LogP contribution in [0, 0.1) is 0 Å². The van der Waals surface area contributed by atoms with E-state index in [0.29, 0.717) is 0 Å². The van der Waals surface area contributed by atoms with Gasteiger partial charge in [-0.05, 0) is 26.2 Å². The molecule has 0 radical (unpaired) electrons. The molecule has 20 heavy (non-hydrogen) atoms. The lowest BCUT2D eigenvalue weighted by atomic mass is 10.0. The van der Waals surface area contributed by atoms with Crippen LogP contribution in [0.25, 0.3) is 0 Å². The molecule has 0 aromatic rings. The van der Waals surface area contributed by atoms with Gasteiger partial charge < -0.3 is 9.84 Å². The SMILES string of the molecule is CCCCCCCCCCCCC(O)CCCOCC. The predicted molar refractivity (Wildman–Crippen MR) is 88.2 cm³/mol. The Morgan fingerprint density at radius 2 is 1.20 bits per heavy atom. The summed E-state index contributed by atoms with van der Waals surface area (Å²) in [5.74, 6) is 0. The minimum Gasteiger partial charge on any atom is -0.393 e. The fourth-order valence-electron chi connectivity index (χ4n) is 2.58. The molecule has 0 aliphatic heterocycles. The topological polar surface area (TPSA) is 29.5 Å². The van der Waals surface area contributed by atoms with Crippen LogP contribution in [0.5, 0.6) is 0 Å². The van der Waals surface area contributed by atoms with Crippen molar-refractivity contribution in [1.82, 2.24) is 0 Å². The molecule has 0 aliphatic carbocycles. The first-order valence-electron chi connectivity index (χ1n) is 9.07. The normalized spacial score (nSPS) is 12.8. The monoisotopic (exact) mass is 286 g/mol. The van der Waals surface area contributed by atoms with Gasteiger partial charge in [0.2, 0.25) is 0 Å². The first-order valence-corrected chi connectivity index (χ1v) is 9.07. The summed E-state index contributed by atoms with van der Waals surface area (Å²) in [5.41, 5.74) is 0. The molecular formula is C18H38O2. The van der Waals surface area contributed by atoms with E-state index >= 15 is 0 Å². The van der Waals surface area contributed by atoms with Gasteiger partial charge in [-0.15, -0.1) is 0 Å². The highest BCUT2D eigenvalue weighted by molar-refractivity contribution is 4.56. The molecule has 0 heterocycles. The molecular weight excluding hydrogens is 248 g/mol. The molecule has 2 heteroatoms. The van der Waals surface area contributed by atoms with E-state index in [0.717, 1.165) is 32.5 Å². The second kappa shape index (κ2) is 17.0. The van der Waals surface area contributed by atoms with Gasteiger partial charge >= 0.3 is 0 Å². The van der Waals surface area contributed by atoms with Crippen LogP contribution in [0.4, 0.5) is 0 Å². The Morgan fingerprint density at radius 1 is 0.700 bits per heavy atom. The molecule has 0 saturated heterocycles. The van der Waals surface area contributed by atoms with Crippen LogP contribution < -0.4 is 0 Å². The van der Waals surface area contributed by atoms with E-state index < -0.39 is 0 Å². The second-order valence-electron chi connectivity index (χ2n) is 5.96. The summed E-state index contributed by atoms with van der Waals surface area (Å²) < 4.78 is 5.28. The molecule has 0 bridgehead atoms. The van der Waals surface area contributed by atoms with E-state index in [1.165, 1.54) is 64.2 Å². The molecule has 1 N–H and O–H groups in total. The van der Waals surface area contributed by atoms with Crippen LogP contribution in [0.3, 0.4) is 0 Å². The van der Waals surface area contributed by atoms with E-state index in [-0.39, 0.29) is 6.10 Å². The quantitative estimate of drug-likeness (QED) is 0.381. The smallest absolute Gasteiger partial charge is 0.0541 e. The fourth-order valence-corrected chi connectivity index (χ4v) is 2.58. The van der Waals surface area contributed by atoms with Crippen molar-refractivity contribution in [2.75, 3.05) is 13.2 Å². The number of aliphatic hydroxyl groups is 1. The Morgan fingerprint density at radius 3 is 1.75 bits per heavy atom. The maximum absolute atomic E-state index is 9.82. The van der Waals surface area contributed by atoms with Crippen LogP contribution in [0.15, 0.2) is 0 Å². The lowest BCUT2D eigenvalue weighted by Gasteiger charge is -2.10. The number of hydrogen-bond acceptors (Lipinski definition) is 2. The molecule has 0 aliphatic rings. The summed E-state index contributed by atoms with van der Waals surface area (Å²) in [6.45, 7) is 5.87. The molecule has 0 aromatic heterocycles. The van der Waals surface area contributed by atoms with Crippen LogP contribution in [0.1, 0.15) is 97.3 Å². The minimum atomic E-state index is -0.107. The molecule has 0 amide bonds.